The number of carbonyl (C=O) groups is 2. The van der Waals surface area contributed by atoms with Crippen molar-refractivity contribution in [3.63, 3.8) is 0 Å². The Morgan fingerprint density at radius 1 is 1.29 bits per heavy atom. The Labute approximate surface area is 145 Å². The summed E-state index contributed by atoms with van der Waals surface area (Å²) in [5.41, 5.74) is 6.34. The molecule has 2 heterocycles. The van der Waals surface area contributed by atoms with Crippen molar-refractivity contribution in [2.24, 2.45) is 11.7 Å². The van der Waals surface area contributed by atoms with E-state index >= 15 is 0 Å². The zero-order valence-electron chi connectivity index (χ0n) is 13.5. The number of nitrogens with one attached hydrogen (secondary N) is 1. The van der Waals surface area contributed by atoms with Crippen LogP contribution in [0.15, 0.2) is 24.3 Å². The average molecular weight is 346 g/mol. The average Bonchev–Trinajstić information content (AvgIpc) is 2.98. The molecular weight excluding hydrogens is 324 g/mol. The van der Waals surface area contributed by atoms with Crippen LogP contribution >= 0.6 is 11.3 Å². The molecule has 24 heavy (non-hydrogen) atoms. The SMILES string of the molecule is NC(=O)C1CCN(CC(=O)NCCc2nc3ccccc3s2)CC1. The van der Waals surface area contributed by atoms with Gasteiger partial charge in [-0.25, -0.2) is 4.98 Å². The number of hydrogen-bond donors (Lipinski definition) is 2. The molecule has 1 saturated heterocycles. The van der Waals surface area contributed by atoms with E-state index in [1.165, 1.54) is 4.70 Å². The number of nitrogens with zero attached hydrogens (tertiary/aromatic N) is 2. The number of piperidine rings is 1. The number of rotatable bonds is 6. The molecule has 1 fully saturated rings. The van der Waals surface area contributed by atoms with Gasteiger partial charge in [-0.15, -0.1) is 11.3 Å². The fraction of sp³-hybridized carbons (Fsp3) is 0.471. The fourth-order valence-electron chi connectivity index (χ4n) is 2.97. The Morgan fingerprint density at radius 2 is 2.04 bits per heavy atom. The van der Waals surface area contributed by atoms with E-state index in [0.717, 1.165) is 42.9 Å². The summed E-state index contributed by atoms with van der Waals surface area (Å²) in [6.07, 6.45) is 2.23. The number of aromatic nitrogens is 1. The van der Waals surface area contributed by atoms with Gasteiger partial charge in [-0.05, 0) is 38.1 Å². The minimum atomic E-state index is -0.227. The van der Waals surface area contributed by atoms with Crippen molar-refractivity contribution in [3.05, 3.63) is 29.3 Å². The lowest BCUT2D eigenvalue weighted by molar-refractivity contribution is -0.124. The van der Waals surface area contributed by atoms with Crippen LogP contribution in [0.1, 0.15) is 17.8 Å². The van der Waals surface area contributed by atoms with Gasteiger partial charge in [0.1, 0.15) is 0 Å². The summed E-state index contributed by atoms with van der Waals surface area (Å²) in [6, 6.07) is 8.05. The van der Waals surface area contributed by atoms with Crippen LogP contribution in [0.2, 0.25) is 0 Å². The Morgan fingerprint density at radius 3 is 2.75 bits per heavy atom. The van der Waals surface area contributed by atoms with Crippen LogP contribution in [0.25, 0.3) is 10.2 Å². The van der Waals surface area contributed by atoms with Gasteiger partial charge in [0, 0.05) is 18.9 Å². The third-order valence-electron chi connectivity index (χ3n) is 4.36. The molecule has 1 aliphatic heterocycles. The number of primary amides is 1. The molecule has 0 radical (unpaired) electrons. The number of carbonyl (C=O) groups excluding carboxylic acids is 2. The highest BCUT2D eigenvalue weighted by atomic mass is 32.1. The van der Waals surface area contributed by atoms with Crippen molar-refractivity contribution < 1.29 is 9.59 Å². The molecule has 1 aromatic carbocycles. The molecule has 1 aliphatic rings. The molecule has 0 atom stereocenters. The first-order chi connectivity index (χ1) is 11.6. The van der Waals surface area contributed by atoms with Gasteiger partial charge in [0.25, 0.3) is 0 Å². The second kappa shape index (κ2) is 7.72. The summed E-state index contributed by atoms with van der Waals surface area (Å²) in [4.78, 5) is 29.8. The van der Waals surface area contributed by atoms with Crippen molar-refractivity contribution in [2.45, 2.75) is 19.3 Å². The number of amides is 2. The molecule has 3 N–H and O–H groups in total. The highest BCUT2D eigenvalue weighted by molar-refractivity contribution is 7.18. The van der Waals surface area contributed by atoms with Gasteiger partial charge in [-0.3, -0.25) is 14.5 Å². The van der Waals surface area contributed by atoms with Crippen molar-refractivity contribution >= 4 is 33.4 Å². The van der Waals surface area contributed by atoms with Gasteiger partial charge in [-0.1, -0.05) is 12.1 Å². The number of thiazole rings is 1. The van der Waals surface area contributed by atoms with E-state index in [0.29, 0.717) is 13.1 Å². The summed E-state index contributed by atoms with van der Waals surface area (Å²) >= 11 is 1.67. The van der Waals surface area contributed by atoms with Crippen molar-refractivity contribution in [3.8, 4) is 0 Å². The molecule has 6 nitrogen and oxygen atoms in total. The second-order valence-corrected chi connectivity index (χ2v) is 7.24. The molecule has 0 aliphatic carbocycles. The van der Waals surface area contributed by atoms with Gasteiger partial charge in [-0.2, -0.15) is 0 Å². The molecule has 0 unspecified atom stereocenters. The summed E-state index contributed by atoms with van der Waals surface area (Å²) in [7, 11) is 0. The molecule has 3 rings (SSSR count). The van der Waals surface area contributed by atoms with Crippen LogP contribution in [0.5, 0.6) is 0 Å². The first-order valence-electron chi connectivity index (χ1n) is 8.24. The lowest BCUT2D eigenvalue weighted by Crippen LogP contribution is -2.43. The lowest BCUT2D eigenvalue weighted by atomic mass is 9.96. The van der Waals surface area contributed by atoms with E-state index in [2.05, 4.69) is 21.3 Å². The number of benzene rings is 1. The van der Waals surface area contributed by atoms with E-state index < -0.39 is 0 Å². The predicted octanol–water partition coefficient (Wildman–Crippen LogP) is 1.15. The Balaban J connectivity index is 1.39. The molecule has 2 amide bonds. The molecule has 0 saturated carbocycles. The number of hydrogen-bond acceptors (Lipinski definition) is 5. The fourth-order valence-corrected chi connectivity index (χ4v) is 3.94. The number of fused-ring (bicyclic) bond motifs is 1. The third kappa shape index (κ3) is 4.30. The van der Waals surface area contributed by atoms with Crippen LogP contribution in [0.3, 0.4) is 0 Å². The summed E-state index contributed by atoms with van der Waals surface area (Å²) < 4.78 is 1.18. The zero-order valence-corrected chi connectivity index (χ0v) is 14.3. The van der Waals surface area contributed by atoms with E-state index in [-0.39, 0.29) is 17.7 Å². The van der Waals surface area contributed by atoms with Crippen LogP contribution in [0, 0.1) is 5.92 Å². The smallest absolute Gasteiger partial charge is 0.234 e. The first-order valence-corrected chi connectivity index (χ1v) is 9.06. The van der Waals surface area contributed by atoms with Crippen LogP contribution < -0.4 is 11.1 Å². The Kier molecular flexibility index (Phi) is 5.42. The van der Waals surface area contributed by atoms with Gasteiger partial charge < -0.3 is 11.1 Å². The highest BCUT2D eigenvalue weighted by Gasteiger charge is 2.23. The molecule has 2 aromatic rings. The van der Waals surface area contributed by atoms with Crippen molar-refractivity contribution in [2.75, 3.05) is 26.2 Å². The normalized spacial score (nSPS) is 16.3. The topological polar surface area (TPSA) is 88.3 Å². The molecule has 1 aromatic heterocycles. The van der Waals surface area contributed by atoms with Gasteiger partial charge in [0.05, 0.1) is 21.8 Å². The molecule has 128 valence electrons. The van der Waals surface area contributed by atoms with E-state index in [1.807, 2.05) is 18.2 Å². The minimum absolute atomic E-state index is 0.0219. The summed E-state index contributed by atoms with van der Waals surface area (Å²) in [5.74, 6) is -0.244. The number of nitrogens with two attached hydrogens (primary N) is 1. The standard InChI is InChI=1S/C17H22N4O2S/c18-17(23)12-6-9-21(10-7-12)11-15(22)19-8-5-16-20-13-3-1-2-4-14(13)24-16/h1-4,12H,5-11H2,(H2,18,23)(H,19,22). The van der Waals surface area contributed by atoms with Crippen molar-refractivity contribution in [1.82, 2.24) is 15.2 Å². The van der Waals surface area contributed by atoms with E-state index in [4.69, 9.17) is 5.73 Å². The third-order valence-corrected chi connectivity index (χ3v) is 5.45. The Hall–Kier alpha value is -1.99. The second-order valence-electron chi connectivity index (χ2n) is 6.13. The maximum atomic E-state index is 12.0. The maximum absolute atomic E-state index is 12.0. The van der Waals surface area contributed by atoms with E-state index in [1.54, 1.807) is 11.3 Å². The maximum Gasteiger partial charge on any atom is 0.234 e. The summed E-state index contributed by atoms with van der Waals surface area (Å²) in [5, 5.41) is 3.99. The lowest BCUT2D eigenvalue weighted by Gasteiger charge is -2.29. The molecule has 7 heteroatoms. The van der Waals surface area contributed by atoms with Gasteiger partial charge in [0.15, 0.2) is 0 Å². The largest absolute Gasteiger partial charge is 0.369 e. The van der Waals surface area contributed by atoms with E-state index in [9.17, 15) is 9.59 Å². The first kappa shape index (κ1) is 16.9. The minimum Gasteiger partial charge on any atom is -0.369 e. The van der Waals surface area contributed by atoms with Crippen molar-refractivity contribution in [1.29, 1.82) is 0 Å². The highest BCUT2D eigenvalue weighted by Crippen LogP contribution is 2.21. The monoisotopic (exact) mass is 346 g/mol. The number of likely N-dealkylation sites (tertiary alicyclic amines) is 1. The molecule has 0 spiro atoms. The molecule has 0 bridgehead atoms. The summed E-state index contributed by atoms with van der Waals surface area (Å²) in [6.45, 7) is 2.47. The zero-order chi connectivity index (χ0) is 16.9. The van der Waals surface area contributed by atoms with Gasteiger partial charge >= 0.3 is 0 Å². The van der Waals surface area contributed by atoms with Crippen LogP contribution in [-0.4, -0.2) is 47.9 Å². The van der Waals surface area contributed by atoms with Gasteiger partial charge in [0.2, 0.25) is 11.8 Å². The van der Waals surface area contributed by atoms with Crippen LogP contribution in [-0.2, 0) is 16.0 Å². The molecular formula is C17H22N4O2S. The van der Waals surface area contributed by atoms with Crippen LogP contribution in [0.4, 0.5) is 0 Å². The number of para-hydroxylation sites is 1. The Bertz CT molecular complexity index is 689. The quantitative estimate of drug-likeness (QED) is 0.821. The predicted molar refractivity (Wildman–Crippen MR) is 94.7 cm³/mol.